The summed E-state index contributed by atoms with van der Waals surface area (Å²) in [6, 6.07) is 13.3. The van der Waals surface area contributed by atoms with Gasteiger partial charge in [0.2, 0.25) is 5.88 Å². The van der Waals surface area contributed by atoms with E-state index in [-0.39, 0.29) is 12.1 Å². The molecule has 0 bridgehead atoms. The summed E-state index contributed by atoms with van der Waals surface area (Å²) >= 11 is 0. The number of methoxy groups -OCH3 is 1. The summed E-state index contributed by atoms with van der Waals surface area (Å²) in [4.78, 5) is 30.8. The first-order valence-electron chi connectivity index (χ1n) is 12.8. The molecule has 1 aliphatic carbocycles. The molecule has 0 radical (unpaired) electrons. The van der Waals surface area contributed by atoms with Crippen LogP contribution in [0.25, 0.3) is 11.3 Å². The van der Waals surface area contributed by atoms with Gasteiger partial charge in [-0.15, -0.1) is 0 Å². The smallest absolute Gasteiger partial charge is 0.328 e. The Bertz CT molecular complexity index is 1230. The van der Waals surface area contributed by atoms with Crippen molar-refractivity contribution in [3.8, 4) is 17.1 Å². The van der Waals surface area contributed by atoms with Gasteiger partial charge in [-0.05, 0) is 37.1 Å². The molecule has 3 N–H and O–H groups in total. The molecule has 2 aliphatic rings. The Morgan fingerprint density at radius 1 is 1.11 bits per heavy atom. The fourth-order valence-electron chi connectivity index (χ4n) is 4.96. The number of amides is 2. The number of rotatable bonds is 6. The fraction of sp³-hybridized carbons (Fsp3) is 0.407. The van der Waals surface area contributed by atoms with E-state index in [2.05, 4.69) is 32.3 Å². The number of nitrogen functional groups attached to an aromatic ring is 1. The van der Waals surface area contributed by atoms with Crippen molar-refractivity contribution >= 4 is 29.0 Å². The van der Waals surface area contributed by atoms with Crippen molar-refractivity contribution in [2.45, 2.75) is 38.1 Å². The summed E-state index contributed by atoms with van der Waals surface area (Å²) in [5.74, 6) is 1.18. The third kappa shape index (κ3) is 5.75. The van der Waals surface area contributed by atoms with Crippen LogP contribution in [0.15, 0.2) is 48.8 Å². The normalized spacial score (nSPS) is 16.3. The van der Waals surface area contributed by atoms with Crippen molar-refractivity contribution in [2.75, 3.05) is 54.3 Å². The van der Waals surface area contributed by atoms with Gasteiger partial charge in [0.05, 0.1) is 31.7 Å². The van der Waals surface area contributed by atoms with E-state index in [0.717, 1.165) is 75.4 Å². The number of carbonyl (C=O) groups excluding carboxylic acids is 1. The van der Waals surface area contributed by atoms with Crippen molar-refractivity contribution in [3.63, 3.8) is 0 Å². The summed E-state index contributed by atoms with van der Waals surface area (Å²) in [6.07, 6.45) is 6.39. The van der Waals surface area contributed by atoms with E-state index in [4.69, 9.17) is 20.2 Å². The largest absolute Gasteiger partial charge is 0.481 e. The van der Waals surface area contributed by atoms with Gasteiger partial charge in [-0.1, -0.05) is 31.4 Å². The quantitative estimate of drug-likeness (QED) is 0.510. The Morgan fingerprint density at radius 2 is 1.92 bits per heavy atom. The lowest BCUT2D eigenvalue weighted by molar-refractivity contribution is 0.122. The Hall–Kier alpha value is -3.92. The minimum Gasteiger partial charge on any atom is -0.481 e. The number of nitrogens with one attached hydrogen (secondary N) is 1. The van der Waals surface area contributed by atoms with Crippen molar-refractivity contribution in [1.29, 1.82) is 0 Å². The lowest BCUT2D eigenvalue weighted by atomic mass is 9.94. The zero-order valence-electron chi connectivity index (χ0n) is 21.1. The van der Waals surface area contributed by atoms with Crippen molar-refractivity contribution in [2.24, 2.45) is 0 Å². The number of anilines is 4. The van der Waals surface area contributed by atoms with E-state index in [1.54, 1.807) is 11.0 Å². The van der Waals surface area contributed by atoms with Crippen LogP contribution in [-0.4, -0.2) is 60.4 Å². The van der Waals surface area contributed by atoms with Crippen LogP contribution >= 0.6 is 0 Å². The molecule has 10 nitrogen and oxygen atoms in total. The second kappa shape index (κ2) is 11.4. The van der Waals surface area contributed by atoms with E-state index in [0.29, 0.717) is 23.2 Å². The first kappa shape index (κ1) is 24.8. The number of pyridine rings is 1. The highest BCUT2D eigenvalue weighted by Crippen LogP contribution is 2.33. The molecule has 0 unspecified atom stereocenters. The van der Waals surface area contributed by atoms with E-state index < -0.39 is 0 Å². The zero-order valence-corrected chi connectivity index (χ0v) is 21.1. The minimum absolute atomic E-state index is 0.0118. The van der Waals surface area contributed by atoms with E-state index in [9.17, 15) is 4.79 Å². The zero-order chi connectivity index (χ0) is 25.6. The lowest BCUT2D eigenvalue weighted by Gasteiger charge is -2.34. The monoisotopic (exact) mass is 503 g/mol. The van der Waals surface area contributed by atoms with Gasteiger partial charge in [0.15, 0.2) is 5.82 Å². The number of nitrogens with zero attached hydrogens (tertiary/aromatic N) is 5. The SMILES string of the molecule is COc1cc(NC(=O)N(c2nc(-c3cccc(N4CCOCC4)c3)ccc2N)C2CCCCC2)ncn1. The molecular weight excluding hydrogens is 470 g/mol. The summed E-state index contributed by atoms with van der Waals surface area (Å²) in [6.45, 7) is 3.15. The predicted octanol–water partition coefficient (Wildman–Crippen LogP) is 4.34. The van der Waals surface area contributed by atoms with Gasteiger partial charge < -0.3 is 20.1 Å². The summed E-state index contributed by atoms with van der Waals surface area (Å²) in [5.41, 5.74) is 9.75. The Kier molecular flexibility index (Phi) is 7.65. The maximum absolute atomic E-state index is 13.7. The number of urea groups is 1. The Morgan fingerprint density at radius 3 is 2.70 bits per heavy atom. The highest BCUT2D eigenvalue weighted by molar-refractivity contribution is 6.03. The van der Waals surface area contributed by atoms with Gasteiger partial charge in [0.1, 0.15) is 12.1 Å². The molecule has 1 saturated heterocycles. The maximum Gasteiger partial charge on any atom is 0.328 e. The average Bonchev–Trinajstić information content (AvgIpc) is 2.95. The molecule has 37 heavy (non-hydrogen) atoms. The Labute approximate surface area is 216 Å². The second-order valence-electron chi connectivity index (χ2n) is 9.30. The average molecular weight is 504 g/mol. The summed E-state index contributed by atoms with van der Waals surface area (Å²) in [5, 5.41) is 2.89. The van der Waals surface area contributed by atoms with Crippen molar-refractivity contribution in [1.82, 2.24) is 15.0 Å². The molecule has 2 aromatic heterocycles. The van der Waals surface area contributed by atoms with Crippen LogP contribution in [0.5, 0.6) is 5.88 Å². The highest BCUT2D eigenvalue weighted by Gasteiger charge is 2.30. The third-order valence-electron chi connectivity index (χ3n) is 6.90. The molecule has 1 aliphatic heterocycles. The third-order valence-corrected chi connectivity index (χ3v) is 6.90. The van der Waals surface area contributed by atoms with Gasteiger partial charge in [-0.25, -0.2) is 19.7 Å². The van der Waals surface area contributed by atoms with Crippen molar-refractivity contribution in [3.05, 3.63) is 48.8 Å². The van der Waals surface area contributed by atoms with Gasteiger partial charge in [-0.2, -0.15) is 0 Å². The highest BCUT2D eigenvalue weighted by atomic mass is 16.5. The van der Waals surface area contributed by atoms with Crippen LogP contribution in [0, 0.1) is 0 Å². The molecule has 194 valence electrons. The van der Waals surface area contributed by atoms with Crippen LogP contribution in [-0.2, 0) is 4.74 Å². The molecule has 2 fully saturated rings. The van der Waals surface area contributed by atoms with Crippen molar-refractivity contribution < 1.29 is 14.3 Å². The molecule has 2 amide bonds. The molecular formula is C27H33N7O3. The molecule has 0 spiro atoms. The fourth-order valence-corrected chi connectivity index (χ4v) is 4.96. The molecule has 10 heteroatoms. The molecule has 5 rings (SSSR count). The van der Waals surface area contributed by atoms with E-state index in [1.165, 1.54) is 13.4 Å². The lowest BCUT2D eigenvalue weighted by Crippen LogP contribution is -2.45. The maximum atomic E-state index is 13.7. The van der Waals surface area contributed by atoms with Crippen LogP contribution < -0.4 is 25.6 Å². The molecule has 1 aromatic carbocycles. The van der Waals surface area contributed by atoms with Crippen LogP contribution in [0.1, 0.15) is 32.1 Å². The van der Waals surface area contributed by atoms with Crippen LogP contribution in [0.2, 0.25) is 0 Å². The van der Waals surface area contributed by atoms with Crippen LogP contribution in [0.3, 0.4) is 0 Å². The predicted molar refractivity (Wildman–Crippen MR) is 144 cm³/mol. The van der Waals surface area contributed by atoms with Crippen LogP contribution in [0.4, 0.5) is 27.8 Å². The van der Waals surface area contributed by atoms with E-state index in [1.807, 2.05) is 24.3 Å². The molecule has 1 saturated carbocycles. The number of ether oxygens (including phenoxy) is 2. The number of carbonyl (C=O) groups is 1. The van der Waals surface area contributed by atoms with Gasteiger partial charge in [0, 0.05) is 36.4 Å². The number of benzene rings is 1. The standard InChI is InChI=1S/C27H33N7O3/c1-36-25-17-24(29-18-30-25)32-27(35)34(20-7-3-2-4-8-20)26-22(28)10-11-23(31-26)19-6-5-9-21(16-19)33-12-14-37-15-13-33/h5-6,9-11,16-18,20H,2-4,7-8,12-15,28H2,1H3,(H,29,30,32,35). The number of nitrogens with two attached hydrogens (primary N) is 1. The van der Waals surface area contributed by atoms with Gasteiger partial charge in [-0.3, -0.25) is 10.2 Å². The number of hydrogen-bond acceptors (Lipinski definition) is 8. The second-order valence-corrected chi connectivity index (χ2v) is 9.30. The summed E-state index contributed by atoms with van der Waals surface area (Å²) in [7, 11) is 1.52. The van der Waals surface area contributed by atoms with Gasteiger partial charge >= 0.3 is 6.03 Å². The number of hydrogen-bond donors (Lipinski definition) is 2. The van der Waals surface area contributed by atoms with Gasteiger partial charge in [0.25, 0.3) is 0 Å². The number of morpholine rings is 1. The topological polar surface area (TPSA) is 119 Å². The molecule has 3 aromatic rings. The Balaban J connectivity index is 1.47. The first-order chi connectivity index (χ1) is 18.1. The molecule has 3 heterocycles. The van der Waals surface area contributed by atoms with E-state index >= 15 is 0 Å². The molecule has 0 atom stereocenters. The summed E-state index contributed by atoms with van der Waals surface area (Å²) < 4.78 is 10.7. The minimum atomic E-state index is -0.328. The first-order valence-corrected chi connectivity index (χ1v) is 12.8. The number of aromatic nitrogens is 3.